The van der Waals surface area contributed by atoms with Gasteiger partial charge in [0.2, 0.25) is 10.0 Å². The smallest absolute Gasteiger partial charge is 0.321 e. The van der Waals surface area contributed by atoms with Crippen LogP contribution in [-0.4, -0.2) is 45.7 Å². The second-order valence-electron chi connectivity index (χ2n) is 5.04. The molecule has 1 fully saturated rings. The Morgan fingerprint density at radius 3 is 2.55 bits per heavy atom. The molecular formula is C13H18ClN3O4S. The van der Waals surface area contributed by atoms with Crippen molar-refractivity contribution in [1.29, 1.82) is 0 Å². The number of nitrogens with zero attached hydrogens (tertiary/aromatic N) is 1. The summed E-state index contributed by atoms with van der Waals surface area (Å²) in [4.78, 5) is 13.7. The molecule has 2 amide bonds. The molecule has 0 radical (unpaired) electrons. The lowest BCUT2D eigenvalue weighted by molar-refractivity contribution is 0.0521. The molecule has 1 heterocycles. The van der Waals surface area contributed by atoms with E-state index in [0.29, 0.717) is 18.8 Å². The summed E-state index contributed by atoms with van der Waals surface area (Å²) in [7, 11) is -2.16. The zero-order chi connectivity index (χ0) is 16.3. The zero-order valence-electron chi connectivity index (χ0n) is 12.1. The van der Waals surface area contributed by atoms with Crippen molar-refractivity contribution >= 4 is 33.3 Å². The molecule has 22 heavy (non-hydrogen) atoms. The van der Waals surface area contributed by atoms with Crippen LogP contribution in [0.25, 0.3) is 0 Å². The number of amides is 2. The standard InChI is InChI=1S/C13H18ClN3O4S/c1-21-9-4-6-17(7-5-9)13(18)16-12-3-2-10(8-11(12)14)22(15,19)20/h2-3,8-9H,4-7H2,1H3,(H,16,18)(H2,15,19,20). The highest BCUT2D eigenvalue weighted by molar-refractivity contribution is 7.89. The topological polar surface area (TPSA) is 102 Å². The predicted molar refractivity (Wildman–Crippen MR) is 83.4 cm³/mol. The summed E-state index contributed by atoms with van der Waals surface area (Å²) in [6.45, 7) is 1.19. The van der Waals surface area contributed by atoms with Gasteiger partial charge >= 0.3 is 6.03 Å². The van der Waals surface area contributed by atoms with Crippen LogP contribution in [0.5, 0.6) is 0 Å². The van der Waals surface area contributed by atoms with Crippen molar-refractivity contribution in [2.45, 2.75) is 23.8 Å². The maximum Gasteiger partial charge on any atom is 0.321 e. The molecule has 0 aliphatic carbocycles. The van der Waals surface area contributed by atoms with Crippen molar-refractivity contribution in [2.24, 2.45) is 5.14 Å². The van der Waals surface area contributed by atoms with Crippen LogP contribution in [0.15, 0.2) is 23.1 Å². The largest absolute Gasteiger partial charge is 0.381 e. The number of carbonyl (C=O) groups excluding carboxylic acids is 1. The number of halogens is 1. The maximum atomic E-state index is 12.2. The van der Waals surface area contributed by atoms with Crippen LogP contribution in [0.2, 0.25) is 5.02 Å². The van der Waals surface area contributed by atoms with Crippen LogP contribution in [0.1, 0.15) is 12.8 Å². The van der Waals surface area contributed by atoms with Crippen LogP contribution >= 0.6 is 11.6 Å². The molecule has 0 aromatic heterocycles. The average Bonchev–Trinajstić information content (AvgIpc) is 2.48. The summed E-state index contributed by atoms with van der Waals surface area (Å²) < 4.78 is 27.7. The van der Waals surface area contributed by atoms with Gasteiger partial charge in [-0.05, 0) is 31.0 Å². The Morgan fingerprint density at radius 2 is 2.05 bits per heavy atom. The summed E-state index contributed by atoms with van der Waals surface area (Å²) in [5.41, 5.74) is 0.341. The number of nitrogens with one attached hydrogen (secondary N) is 1. The van der Waals surface area contributed by atoms with E-state index in [1.54, 1.807) is 12.0 Å². The van der Waals surface area contributed by atoms with Crippen LogP contribution < -0.4 is 10.5 Å². The van der Waals surface area contributed by atoms with Crippen LogP contribution in [0.3, 0.4) is 0 Å². The number of urea groups is 1. The SMILES string of the molecule is COC1CCN(C(=O)Nc2ccc(S(N)(=O)=O)cc2Cl)CC1. The van der Waals surface area contributed by atoms with Gasteiger partial charge in [0, 0.05) is 20.2 Å². The minimum absolute atomic E-state index is 0.101. The van der Waals surface area contributed by atoms with Gasteiger partial charge in [0.1, 0.15) is 0 Å². The third kappa shape index (κ3) is 4.10. The predicted octanol–water partition coefficient (Wildman–Crippen LogP) is 1.63. The number of nitrogens with two attached hydrogens (primary N) is 1. The lowest BCUT2D eigenvalue weighted by atomic mass is 10.1. The Kier molecular flexibility index (Phi) is 5.28. The van der Waals surface area contributed by atoms with E-state index < -0.39 is 10.0 Å². The zero-order valence-corrected chi connectivity index (χ0v) is 13.7. The Labute approximate surface area is 134 Å². The van der Waals surface area contributed by atoms with Gasteiger partial charge in [-0.25, -0.2) is 18.4 Å². The fourth-order valence-corrected chi connectivity index (χ4v) is 3.10. The number of rotatable bonds is 3. The third-order valence-electron chi connectivity index (χ3n) is 3.57. The molecular weight excluding hydrogens is 330 g/mol. The first-order chi connectivity index (χ1) is 10.3. The molecule has 1 aromatic carbocycles. The second-order valence-corrected chi connectivity index (χ2v) is 7.01. The molecule has 0 saturated carbocycles. The van der Waals surface area contributed by atoms with E-state index >= 15 is 0 Å². The van der Waals surface area contributed by atoms with E-state index in [0.717, 1.165) is 12.8 Å². The Hall–Kier alpha value is -1.35. The molecule has 2 rings (SSSR count). The molecule has 0 spiro atoms. The first-order valence-electron chi connectivity index (χ1n) is 6.72. The fourth-order valence-electron chi connectivity index (χ4n) is 2.26. The molecule has 1 aromatic rings. The highest BCUT2D eigenvalue weighted by Crippen LogP contribution is 2.25. The number of ether oxygens (including phenoxy) is 1. The Morgan fingerprint density at radius 1 is 1.41 bits per heavy atom. The first-order valence-corrected chi connectivity index (χ1v) is 8.65. The molecule has 1 saturated heterocycles. The number of piperidine rings is 1. The average molecular weight is 348 g/mol. The van der Waals surface area contributed by atoms with Crippen molar-refractivity contribution in [3.63, 3.8) is 0 Å². The molecule has 122 valence electrons. The highest BCUT2D eigenvalue weighted by atomic mass is 35.5. The Balaban J connectivity index is 2.03. The van der Waals surface area contributed by atoms with Crippen LogP contribution in [-0.2, 0) is 14.8 Å². The van der Waals surface area contributed by atoms with E-state index in [4.69, 9.17) is 21.5 Å². The highest BCUT2D eigenvalue weighted by Gasteiger charge is 2.23. The van der Waals surface area contributed by atoms with Crippen molar-refractivity contribution in [1.82, 2.24) is 4.90 Å². The summed E-state index contributed by atoms with van der Waals surface area (Å²) >= 11 is 5.99. The van der Waals surface area contributed by atoms with Crippen LogP contribution in [0, 0.1) is 0 Å². The number of anilines is 1. The van der Waals surface area contributed by atoms with Gasteiger partial charge in [-0.15, -0.1) is 0 Å². The van der Waals surface area contributed by atoms with Crippen molar-refractivity contribution in [3.05, 3.63) is 23.2 Å². The van der Waals surface area contributed by atoms with Gasteiger partial charge in [-0.3, -0.25) is 0 Å². The minimum Gasteiger partial charge on any atom is -0.381 e. The van der Waals surface area contributed by atoms with E-state index in [1.807, 2.05) is 0 Å². The number of carbonyl (C=O) groups is 1. The van der Waals surface area contributed by atoms with Gasteiger partial charge in [-0.2, -0.15) is 0 Å². The number of benzene rings is 1. The van der Waals surface area contributed by atoms with Crippen molar-refractivity contribution < 1.29 is 17.9 Å². The quantitative estimate of drug-likeness (QED) is 0.867. The number of methoxy groups -OCH3 is 1. The normalized spacial score (nSPS) is 16.6. The summed E-state index contributed by atoms with van der Waals surface area (Å²) in [6.07, 6.45) is 1.74. The van der Waals surface area contributed by atoms with Gasteiger partial charge in [-0.1, -0.05) is 11.6 Å². The van der Waals surface area contributed by atoms with Gasteiger partial charge < -0.3 is 15.0 Å². The molecule has 7 nitrogen and oxygen atoms in total. The lowest BCUT2D eigenvalue weighted by Gasteiger charge is -2.31. The molecule has 1 aliphatic rings. The molecule has 0 bridgehead atoms. The van der Waals surface area contributed by atoms with Crippen LogP contribution in [0.4, 0.5) is 10.5 Å². The molecule has 1 aliphatic heterocycles. The van der Waals surface area contributed by atoms with Crippen molar-refractivity contribution in [2.75, 3.05) is 25.5 Å². The molecule has 0 unspecified atom stereocenters. The van der Waals surface area contributed by atoms with Crippen molar-refractivity contribution in [3.8, 4) is 0 Å². The second kappa shape index (κ2) is 6.82. The fraction of sp³-hybridized carbons (Fsp3) is 0.462. The third-order valence-corrected chi connectivity index (χ3v) is 4.80. The monoisotopic (exact) mass is 347 g/mol. The molecule has 3 N–H and O–H groups in total. The summed E-state index contributed by atoms with van der Waals surface area (Å²) in [6, 6.07) is 3.65. The van der Waals surface area contributed by atoms with E-state index in [-0.39, 0.29) is 22.1 Å². The van der Waals surface area contributed by atoms with Gasteiger partial charge in [0.25, 0.3) is 0 Å². The number of hydrogen-bond acceptors (Lipinski definition) is 4. The number of primary sulfonamides is 1. The Bertz CT molecular complexity index is 657. The number of sulfonamides is 1. The lowest BCUT2D eigenvalue weighted by Crippen LogP contribution is -2.42. The molecule has 9 heteroatoms. The number of hydrogen-bond donors (Lipinski definition) is 2. The summed E-state index contributed by atoms with van der Waals surface area (Å²) in [5, 5.41) is 7.81. The summed E-state index contributed by atoms with van der Waals surface area (Å²) in [5.74, 6) is 0. The molecule has 0 atom stereocenters. The van der Waals surface area contributed by atoms with E-state index in [1.165, 1.54) is 18.2 Å². The van der Waals surface area contributed by atoms with Gasteiger partial charge in [0.05, 0.1) is 21.7 Å². The maximum absolute atomic E-state index is 12.2. The van der Waals surface area contributed by atoms with Gasteiger partial charge in [0.15, 0.2) is 0 Å². The first kappa shape index (κ1) is 17.0. The van der Waals surface area contributed by atoms with E-state index in [2.05, 4.69) is 5.32 Å². The van der Waals surface area contributed by atoms with E-state index in [9.17, 15) is 13.2 Å². The number of likely N-dealkylation sites (tertiary alicyclic amines) is 1. The minimum atomic E-state index is -3.82.